The summed E-state index contributed by atoms with van der Waals surface area (Å²) in [7, 11) is -2.18. The normalized spacial score (nSPS) is 14.5. The first kappa shape index (κ1) is 21.2. The van der Waals surface area contributed by atoms with E-state index in [2.05, 4.69) is 10.6 Å². The summed E-state index contributed by atoms with van der Waals surface area (Å²) in [5.74, 6) is 0.430. The molecule has 2 aromatic carbocycles. The number of carbonyl (C=O) groups excluding carboxylic acids is 2. The summed E-state index contributed by atoms with van der Waals surface area (Å²) in [6.45, 7) is 1.75. The lowest BCUT2D eigenvalue weighted by Crippen LogP contribution is -2.30. The van der Waals surface area contributed by atoms with Gasteiger partial charge < -0.3 is 15.4 Å². The van der Waals surface area contributed by atoms with Crippen molar-refractivity contribution in [3.05, 3.63) is 48.0 Å². The van der Waals surface area contributed by atoms with Gasteiger partial charge in [0.15, 0.2) is 9.84 Å². The zero-order chi connectivity index (χ0) is 21.0. The smallest absolute Gasteiger partial charge is 0.234 e. The highest BCUT2D eigenvalue weighted by atomic mass is 32.2. The molecule has 3 rings (SSSR count). The van der Waals surface area contributed by atoms with Crippen LogP contribution in [0.15, 0.2) is 52.3 Å². The molecule has 0 aromatic heterocycles. The molecule has 0 saturated heterocycles. The molecule has 1 aliphatic rings. The quantitative estimate of drug-likeness (QED) is 0.695. The Kier molecular flexibility index (Phi) is 6.49. The number of methoxy groups -OCH3 is 1. The number of para-hydroxylation sites is 1. The molecule has 0 fully saturated rings. The first-order chi connectivity index (χ1) is 13.8. The van der Waals surface area contributed by atoms with Gasteiger partial charge in [-0.2, -0.15) is 0 Å². The van der Waals surface area contributed by atoms with Crippen LogP contribution in [0.25, 0.3) is 0 Å². The zero-order valence-electron chi connectivity index (χ0n) is 16.1. The van der Waals surface area contributed by atoms with E-state index in [1.807, 2.05) is 18.2 Å². The van der Waals surface area contributed by atoms with Gasteiger partial charge in [0.1, 0.15) is 5.75 Å². The third-order valence-corrected chi connectivity index (χ3v) is 7.79. The number of thioether (sulfide) groups is 1. The monoisotopic (exact) mass is 434 g/mol. The Morgan fingerprint density at radius 1 is 1.28 bits per heavy atom. The van der Waals surface area contributed by atoms with Crippen LogP contribution < -0.4 is 15.4 Å². The van der Waals surface area contributed by atoms with E-state index in [0.717, 1.165) is 10.5 Å². The van der Waals surface area contributed by atoms with Gasteiger partial charge in [0.25, 0.3) is 0 Å². The van der Waals surface area contributed by atoms with Gasteiger partial charge in [-0.25, -0.2) is 8.42 Å². The number of carbonyl (C=O) groups is 2. The highest BCUT2D eigenvalue weighted by molar-refractivity contribution is 8.00. The second-order valence-corrected chi connectivity index (χ2v) is 10.0. The molecule has 0 radical (unpaired) electrons. The Morgan fingerprint density at radius 3 is 2.79 bits per heavy atom. The van der Waals surface area contributed by atoms with Gasteiger partial charge in [0.05, 0.1) is 28.7 Å². The molecule has 1 aliphatic heterocycles. The maximum atomic E-state index is 12.9. The third-order valence-electron chi connectivity index (χ3n) is 4.58. The molecule has 2 amide bonds. The van der Waals surface area contributed by atoms with Crippen molar-refractivity contribution in [2.24, 2.45) is 0 Å². The van der Waals surface area contributed by atoms with Crippen LogP contribution >= 0.6 is 11.8 Å². The first-order valence-corrected chi connectivity index (χ1v) is 11.5. The van der Waals surface area contributed by atoms with Crippen LogP contribution in [-0.4, -0.2) is 38.3 Å². The number of fused-ring (bicyclic) bond motifs is 1. The Morgan fingerprint density at radius 2 is 2.03 bits per heavy atom. The SMILES string of the molecule is COc1ccccc1CNC(=O)C[C@@H](C)S(=O)(=O)c1ccc2c(c1)NC(=O)CS2. The van der Waals surface area contributed by atoms with Crippen LogP contribution in [0.3, 0.4) is 0 Å². The van der Waals surface area contributed by atoms with Gasteiger partial charge in [-0.3, -0.25) is 9.59 Å². The summed E-state index contributed by atoms with van der Waals surface area (Å²) in [4.78, 5) is 24.8. The van der Waals surface area contributed by atoms with E-state index in [9.17, 15) is 18.0 Å². The van der Waals surface area contributed by atoms with Crippen LogP contribution in [0, 0.1) is 0 Å². The zero-order valence-corrected chi connectivity index (χ0v) is 17.7. The fraction of sp³-hybridized carbons (Fsp3) is 0.300. The number of hydrogen-bond acceptors (Lipinski definition) is 6. The van der Waals surface area contributed by atoms with Gasteiger partial charge in [0.2, 0.25) is 11.8 Å². The van der Waals surface area contributed by atoms with Crippen molar-refractivity contribution in [1.82, 2.24) is 5.32 Å². The van der Waals surface area contributed by atoms with Crippen molar-refractivity contribution in [3.63, 3.8) is 0 Å². The van der Waals surface area contributed by atoms with Crippen LogP contribution in [0.1, 0.15) is 18.9 Å². The number of benzene rings is 2. The van der Waals surface area contributed by atoms with E-state index in [4.69, 9.17) is 4.74 Å². The van der Waals surface area contributed by atoms with Crippen molar-refractivity contribution in [1.29, 1.82) is 0 Å². The van der Waals surface area contributed by atoms with Gasteiger partial charge in [-0.15, -0.1) is 11.8 Å². The minimum atomic E-state index is -3.73. The Balaban J connectivity index is 1.66. The van der Waals surface area contributed by atoms with E-state index in [1.54, 1.807) is 19.2 Å². The topological polar surface area (TPSA) is 102 Å². The lowest BCUT2D eigenvalue weighted by atomic mass is 10.2. The molecule has 29 heavy (non-hydrogen) atoms. The van der Waals surface area contributed by atoms with Crippen LogP contribution in [0.5, 0.6) is 5.75 Å². The van der Waals surface area contributed by atoms with Crippen LogP contribution in [0.2, 0.25) is 0 Å². The van der Waals surface area contributed by atoms with Gasteiger partial charge in [0, 0.05) is 23.4 Å². The van der Waals surface area contributed by atoms with Crippen molar-refractivity contribution in [3.8, 4) is 5.75 Å². The predicted molar refractivity (Wildman–Crippen MR) is 112 cm³/mol. The molecule has 2 N–H and O–H groups in total. The molecule has 2 aromatic rings. The van der Waals surface area contributed by atoms with E-state index in [1.165, 1.54) is 30.8 Å². The number of ether oxygens (including phenoxy) is 1. The van der Waals surface area contributed by atoms with E-state index >= 15 is 0 Å². The maximum absolute atomic E-state index is 12.9. The fourth-order valence-electron chi connectivity index (χ4n) is 2.96. The Bertz CT molecular complexity index is 1040. The van der Waals surface area contributed by atoms with E-state index in [-0.39, 0.29) is 29.7 Å². The third kappa shape index (κ3) is 4.91. The summed E-state index contributed by atoms with van der Waals surface area (Å²) in [5, 5.41) is 4.51. The number of hydrogen-bond donors (Lipinski definition) is 2. The van der Waals surface area contributed by atoms with Gasteiger partial charge in [-0.1, -0.05) is 18.2 Å². The molecule has 9 heteroatoms. The molecule has 0 aliphatic carbocycles. The standard InChI is InChI=1S/C20H22N2O5S2/c1-13(9-19(23)21-11-14-5-3-4-6-17(14)27-2)29(25,26)15-7-8-18-16(10-15)22-20(24)12-28-18/h3-8,10,13H,9,11-12H2,1-2H3,(H,21,23)(H,22,24)/t13-/m1/s1. The number of sulfone groups is 1. The summed E-state index contributed by atoms with van der Waals surface area (Å²) >= 11 is 1.36. The summed E-state index contributed by atoms with van der Waals surface area (Å²) in [6, 6.07) is 11.9. The van der Waals surface area contributed by atoms with Crippen LogP contribution in [-0.2, 0) is 26.0 Å². The first-order valence-electron chi connectivity index (χ1n) is 9.00. The average molecular weight is 435 g/mol. The summed E-state index contributed by atoms with van der Waals surface area (Å²) in [5.41, 5.74) is 1.29. The number of nitrogens with one attached hydrogen (secondary N) is 2. The molecule has 0 bridgehead atoms. The number of anilines is 1. The second kappa shape index (κ2) is 8.87. The van der Waals surface area contributed by atoms with Crippen molar-refractivity contribution >= 4 is 39.1 Å². The maximum Gasteiger partial charge on any atom is 0.234 e. The molecule has 1 heterocycles. The van der Waals surface area contributed by atoms with Crippen molar-refractivity contribution in [2.45, 2.75) is 34.9 Å². The number of rotatable bonds is 7. The highest BCUT2D eigenvalue weighted by Crippen LogP contribution is 2.34. The van der Waals surface area contributed by atoms with Gasteiger partial charge >= 0.3 is 0 Å². The molecule has 154 valence electrons. The number of amides is 2. The summed E-state index contributed by atoms with van der Waals surface area (Å²) < 4.78 is 31.0. The average Bonchev–Trinajstić information content (AvgIpc) is 2.71. The molecule has 1 atom stereocenters. The van der Waals surface area contributed by atoms with Gasteiger partial charge in [-0.05, 0) is 31.2 Å². The molecular formula is C20H22N2O5S2. The molecule has 7 nitrogen and oxygen atoms in total. The second-order valence-electron chi connectivity index (χ2n) is 6.64. The van der Waals surface area contributed by atoms with Crippen molar-refractivity contribution < 1.29 is 22.7 Å². The van der Waals surface area contributed by atoms with E-state index < -0.39 is 15.1 Å². The highest BCUT2D eigenvalue weighted by Gasteiger charge is 2.27. The molecule has 0 saturated carbocycles. The van der Waals surface area contributed by atoms with E-state index in [0.29, 0.717) is 17.2 Å². The Hall–Kier alpha value is -2.52. The largest absolute Gasteiger partial charge is 0.496 e. The molecule has 0 unspecified atom stereocenters. The summed E-state index contributed by atoms with van der Waals surface area (Å²) in [6.07, 6.45) is -0.171. The minimum absolute atomic E-state index is 0.0871. The lowest BCUT2D eigenvalue weighted by molar-refractivity contribution is -0.121. The Labute approximate surface area is 174 Å². The van der Waals surface area contributed by atoms with Crippen molar-refractivity contribution in [2.75, 3.05) is 18.2 Å². The fourth-order valence-corrected chi connectivity index (χ4v) is 5.12. The lowest BCUT2D eigenvalue weighted by Gasteiger charge is -2.19. The molecule has 0 spiro atoms. The minimum Gasteiger partial charge on any atom is -0.496 e. The molecular weight excluding hydrogens is 412 g/mol. The van der Waals surface area contributed by atoms with Crippen LogP contribution in [0.4, 0.5) is 5.69 Å². The predicted octanol–water partition coefficient (Wildman–Crippen LogP) is 2.61.